The van der Waals surface area contributed by atoms with Crippen molar-refractivity contribution in [3.05, 3.63) is 24.0 Å². The summed E-state index contributed by atoms with van der Waals surface area (Å²) in [6, 6.07) is 3.09. The smallest absolute Gasteiger partial charge is 0.354 e. The Morgan fingerprint density at radius 1 is 1.24 bits per heavy atom. The first kappa shape index (κ1) is 15.3. The summed E-state index contributed by atoms with van der Waals surface area (Å²) >= 11 is 0. The maximum Gasteiger partial charge on any atom is 0.354 e. The van der Waals surface area contributed by atoms with E-state index in [0.717, 1.165) is 25.7 Å². The number of nitrogens with zero attached hydrogens (tertiary/aromatic N) is 1. The second kappa shape index (κ2) is 7.61. The monoisotopic (exact) mass is 292 g/mol. The highest BCUT2D eigenvalue weighted by molar-refractivity contribution is 5.85. The molecule has 1 amide bonds. The van der Waals surface area contributed by atoms with Crippen LogP contribution >= 0.6 is 0 Å². The second-order valence-corrected chi connectivity index (χ2v) is 5.23. The van der Waals surface area contributed by atoms with Crippen LogP contribution in [0.3, 0.4) is 0 Å². The second-order valence-electron chi connectivity index (χ2n) is 5.23. The molecule has 0 spiro atoms. The van der Waals surface area contributed by atoms with Crippen molar-refractivity contribution in [2.75, 3.05) is 6.61 Å². The number of carbonyl (C=O) groups is 2. The Morgan fingerprint density at radius 2 is 1.95 bits per heavy atom. The lowest BCUT2D eigenvalue weighted by atomic mass is 10.1. The molecule has 21 heavy (non-hydrogen) atoms. The van der Waals surface area contributed by atoms with Crippen molar-refractivity contribution in [1.82, 2.24) is 10.3 Å². The molecule has 1 heterocycles. The first-order valence-corrected chi connectivity index (χ1v) is 7.26. The number of carbonyl (C=O) groups excluding carboxylic acids is 1. The predicted octanol–water partition coefficient (Wildman–Crippen LogP) is 2.00. The van der Waals surface area contributed by atoms with Gasteiger partial charge in [0.2, 0.25) is 0 Å². The molecule has 1 saturated carbocycles. The van der Waals surface area contributed by atoms with Crippen LogP contribution in [0.2, 0.25) is 0 Å². The number of pyridine rings is 1. The van der Waals surface area contributed by atoms with E-state index in [1.165, 1.54) is 31.2 Å². The number of amides is 1. The van der Waals surface area contributed by atoms with Crippen LogP contribution in [0, 0.1) is 0 Å². The molecule has 114 valence electrons. The number of aromatic carboxylic acids is 1. The highest BCUT2D eigenvalue weighted by Crippen LogP contribution is 2.17. The topological polar surface area (TPSA) is 88.5 Å². The Labute approximate surface area is 123 Å². The average Bonchev–Trinajstić information content (AvgIpc) is 2.74. The van der Waals surface area contributed by atoms with Crippen molar-refractivity contribution < 1.29 is 19.4 Å². The van der Waals surface area contributed by atoms with Crippen LogP contribution in [0.25, 0.3) is 0 Å². The van der Waals surface area contributed by atoms with E-state index in [1.54, 1.807) is 0 Å². The highest BCUT2D eigenvalue weighted by Gasteiger charge is 2.15. The number of rotatable bonds is 5. The lowest BCUT2D eigenvalue weighted by Gasteiger charge is -2.16. The van der Waals surface area contributed by atoms with Gasteiger partial charge in [-0.2, -0.15) is 0 Å². The summed E-state index contributed by atoms with van der Waals surface area (Å²) < 4.78 is 5.31. The van der Waals surface area contributed by atoms with Crippen LogP contribution in [0.5, 0.6) is 5.75 Å². The Bertz CT molecular complexity index is 479. The van der Waals surface area contributed by atoms with Gasteiger partial charge < -0.3 is 15.2 Å². The van der Waals surface area contributed by atoms with Gasteiger partial charge in [0.25, 0.3) is 5.91 Å². The molecule has 1 aliphatic carbocycles. The van der Waals surface area contributed by atoms with E-state index in [9.17, 15) is 9.59 Å². The molecule has 6 heteroatoms. The zero-order valence-corrected chi connectivity index (χ0v) is 11.9. The molecular weight excluding hydrogens is 272 g/mol. The standard InChI is InChI=1S/C15H20N2O4/c18-14(17-11-5-3-1-2-4-6-11)10-21-12-7-8-13(15(19)20)16-9-12/h7-9,11H,1-6,10H2,(H,17,18)(H,19,20). The van der Waals surface area contributed by atoms with Gasteiger partial charge in [0.15, 0.2) is 6.61 Å². The van der Waals surface area contributed by atoms with Crippen LogP contribution in [0.4, 0.5) is 0 Å². The summed E-state index contributed by atoms with van der Waals surface area (Å²) in [7, 11) is 0. The van der Waals surface area contributed by atoms with Crippen LogP contribution in [0.1, 0.15) is 49.0 Å². The highest BCUT2D eigenvalue weighted by atomic mass is 16.5. The van der Waals surface area contributed by atoms with E-state index in [-0.39, 0.29) is 24.2 Å². The van der Waals surface area contributed by atoms with Gasteiger partial charge in [-0.15, -0.1) is 0 Å². The van der Waals surface area contributed by atoms with Crippen molar-refractivity contribution in [3.63, 3.8) is 0 Å². The normalized spacial score (nSPS) is 16.0. The summed E-state index contributed by atoms with van der Waals surface area (Å²) in [5.41, 5.74) is -0.0507. The number of carboxylic acids is 1. The number of hydrogen-bond acceptors (Lipinski definition) is 4. The lowest BCUT2D eigenvalue weighted by molar-refractivity contribution is -0.123. The van der Waals surface area contributed by atoms with Crippen molar-refractivity contribution in [2.24, 2.45) is 0 Å². The molecule has 6 nitrogen and oxygen atoms in total. The number of carboxylic acid groups (broad SMARTS) is 1. The number of ether oxygens (including phenoxy) is 1. The van der Waals surface area contributed by atoms with Gasteiger partial charge in [0.05, 0.1) is 6.20 Å². The first-order chi connectivity index (χ1) is 10.1. The first-order valence-electron chi connectivity index (χ1n) is 7.26. The summed E-state index contributed by atoms with van der Waals surface area (Å²) in [6.45, 7) is -0.0788. The molecule has 0 radical (unpaired) electrons. The molecule has 1 aromatic rings. The van der Waals surface area contributed by atoms with Crippen LogP contribution < -0.4 is 10.1 Å². The van der Waals surface area contributed by atoms with E-state index in [2.05, 4.69) is 10.3 Å². The zero-order chi connectivity index (χ0) is 15.1. The number of nitrogens with one attached hydrogen (secondary N) is 1. The molecule has 1 aromatic heterocycles. The van der Waals surface area contributed by atoms with E-state index in [0.29, 0.717) is 5.75 Å². The van der Waals surface area contributed by atoms with Gasteiger partial charge in [-0.3, -0.25) is 4.79 Å². The van der Waals surface area contributed by atoms with Crippen molar-refractivity contribution in [3.8, 4) is 5.75 Å². The molecule has 2 N–H and O–H groups in total. The Kier molecular flexibility index (Phi) is 5.54. The molecule has 0 unspecified atom stereocenters. The lowest BCUT2D eigenvalue weighted by Crippen LogP contribution is -2.37. The maximum absolute atomic E-state index is 11.8. The summed E-state index contributed by atoms with van der Waals surface area (Å²) in [5.74, 6) is -0.854. The maximum atomic E-state index is 11.8. The average molecular weight is 292 g/mol. The van der Waals surface area contributed by atoms with E-state index in [4.69, 9.17) is 9.84 Å². The fourth-order valence-electron chi connectivity index (χ4n) is 2.43. The fourth-order valence-corrected chi connectivity index (χ4v) is 2.43. The SMILES string of the molecule is O=C(COc1ccc(C(=O)O)nc1)NC1CCCCCC1. The Morgan fingerprint density at radius 3 is 2.52 bits per heavy atom. The fraction of sp³-hybridized carbons (Fsp3) is 0.533. The molecule has 0 aliphatic heterocycles. The van der Waals surface area contributed by atoms with Crippen molar-refractivity contribution in [2.45, 2.75) is 44.6 Å². The minimum atomic E-state index is -1.09. The van der Waals surface area contributed by atoms with Gasteiger partial charge in [-0.1, -0.05) is 25.7 Å². The summed E-state index contributed by atoms with van der Waals surface area (Å²) in [5, 5.41) is 11.7. The molecule has 1 fully saturated rings. The quantitative estimate of drug-likeness (QED) is 0.810. The van der Waals surface area contributed by atoms with Gasteiger partial charge >= 0.3 is 5.97 Å². The number of hydrogen-bond donors (Lipinski definition) is 2. The molecule has 2 rings (SSSR count). The third kappa shape index (κ3) is 5.06. The molecule has 1 aliphatic rings. The van der Waals surface area contributed by atoms with Crippen molar-refractivity contribution in [1.29, 1.82) is 0 Å². The minimum Gasteiger partial charge on any atom is -0.482 e. The molecule has 0 aromatic carbocycles. The van der Waals surface area contributed by atoms with E-state index < -0.39 is 5.97 Å². The van der Waals surface area contributed by atoms with Gasteiger partial charge in [-0.05, 0) is 25.0 Å². The number of aromatic nitrogens is 1. The third-order valence-corrected chi connectivity index (χ3v) is 3.55. The van der Waals surface area contributed by atoms with Gasteiger partial charge in [-0.25, -0.2) is 9.78 Å². The Balaban J connectivity index is 1.76. The zero-order valence-electron chi connectivity index (χ0n) is 11.9. The Hall–Kier alpha value is -2.11. The molecule has 0 saturated heterocycles. The molecule has 0 bridgehead atoms. The van der Waals surface area contributed by atoms with E-state index >= 15 is 0 Å². The minimum absolute atomic E-state index is 0.0507. The van der Waals surface area contributed by atoms with Crippen LogP contribution in [-0.4, -0.2) is 34.6 Å². The van der Waals surface area contributed by atoms with Gasteiger partial charge in [0.1, 0.15) is 11.4 Å². The summed E-state index contributed by atoms with van der Waals surface area (Å²) in [4.78, 5) is 26.2. The van der Waals surface area contributed by atoms with Crippen LogP contribution in [-0.2, 0) is 4.79 Å². The summed E-state index contributed by atoms with van der Waals surface area (Å²) in [6.07, 6.45) is 8.16. The molecular formula is C15H20N2O4. The third-order valence-electron chi connectivity index (χ3n) is 3.55. The largest absolute Gasteiger partial charge is 0.482 e. The van der Waals surface area contributed by atoms with Gasteiger partial charge in [0, 0.05) is 6.04 Å². The predicted molar refractivity (Wildman–Crippen MR) is 76.3 cm³/mol. The van der Waals surface area contributed by atoms with Crippen LogP contribution in [0.15, 0.2) is 18.3 Å². The van der Waals surface area contributed by atoms with Crippen molar-refractivity contribution >= 4 is 11.9 Å². The van der Waals surface area contributed by atoms with E-state index in [1.807, 2.05) is 0 Å². The molecule has 0 atom stereocenters.